The number of aromatic nitrogens is 4. The van der Waals surface area contributed by atoms with Crippen molar-refractivity contribution >= 4 is 28.6 Å². The van der Waals surface area contributed by atoms with E-state index in [2.05, 4.69) is 34.1 Å². The zero-order chi connectivity index (χ0) is 14.7. The summed E-state index contributed by atoms with van der Waals surface area (Å²) in [7, 11) is 0. The molecule has 0 spiro atoms. The smallest absolute Gasteiger partial charge is 0.226 e. The molecule has 0 aliphatic carbocycles. The number of aliphatic hydroxyl groups excluding tert-OH is 1. The van der Waals surface area contributed by atoms with Crippen molar-refractivity contribution in [1.29, 1.82) is 0 Å². The van der Waals surface area contributed by atoms with Crippen LogP contribution in [0, 0.1) is 5.92 Å². The Morgan fingerprint density at radius 1 is 1.35 bits per heavy atom. The van der Waals surface area contributed by atoms with Gasteiger partial charge in [0.05, 0.1) is 12.4 Å². The normalized spacial score (nSPS) is 13.1. The van der Waals surface area contributed by atoms with Crippen LogP contribution in [0.3, 0.4) is 0 Å². The number of halogens is 1. The molecular formula is C13H20ClN5O. The largest absolute Gasteiger partial charge is 0.392 e. The van der Waals surface area contributed by atoms with Gasteiger partial charge in [-0.3, -0.25) is 0 Å². The molecule has 0 amide bonds. The molecule has 0 aromatic carbocycles. The summed E-state index contributed by atoms with van der Waals surface area (Å²) >= 11 is 5.90. The van der Waals surface area contributed by atoms with Gasteiger partial charge in [0, 0.05) is 13.1 Å². The number of nitrogens with zero attached hydrogens (tertiary/aromatic N) is 4. The number of aryl methyl sites for hydroxylation is 1. The molecule has 1 atom stereocenters. The maximum absolute atomic E-state index is 9.39. The molecular weight excluding hydrogens is 278 g/mol. The van der Waals surface area contributed by atoms with E-state index < -0.39 is 6.10 Å². The summed E-state index contributed by atoms with van der Waals surface area (Å²) in [6.45, 7) is 7.32. The van der Waals surface area contributed by atoms with E-state index in [0.29, 0.717) is 23.9 Å². The lowest BCUT2D eigenvalue weighted by atomic mass is 10.1. The molecule has 2 aromatic rings. The van der Waals surface area contributed by atoms with Crippen LogP contribution in [-0.2, 0) is 6.54 Å². The first-order valence-electron chi connectivity index (χ1n) is 6.77. The lowest BCUT2D eigenvalue weighted by molar-refractivity contribution is 0.208. The van der Waals surface area contributed by atoms with Crippen LogP contribution >= 0.6 is 11.6 Å². The van der Waals surface area contributed by atoms with Crippen molar-refractivity contribution in [2.45, 2.75) is 39.8 Å². The summed E-state index contributed by atoms with van der Waals surface area (Å²) in [5.74, 6) is 1.22. The maximum Gasteiger partial charge on any atom is 0.226 e. The minimum absolute atomic E-state index is 0.153. The minimum atomic E-state index is -0.467. The standard InChI is InChI=1S/C13H20ClN5O/c1-8(2)4-5-19-7-16-12-10(19)11(15-6-9(3)20)17-13(14)18-12/h7-9,20H,4-6H2,1-3H3,(H,15,17,18). The molecule has 110 valence electrons. The summed E-state index contributed by atoms with van der Waals surface area (Å²) < 4.78 is 2.02. The average Bonchev–Trinajstić information content (AvgIpc) is 2.76. The highest BCUT2D eigenvalue weighted by molar-refractivity contribution is 6.28. The second kappa shape index (κ2) is 6.37. The van der Waals surface area contributed by atoms with E-state index in [1.165, 1.54) is 0 Å². The highest BCUT2D eigenvalue weighted by atomic mass is 35.5. The van der Waals surface area contributed by atoms with Crippen molar-refractivity contribution in [1.82, 2.24) is 19.5 Å². The minimum Gasteiger partial charge on any atom is -0.392 e. The van der Waals surface area contributed by atoms with E-state index in [1.54, 1.807) is 13.3 Å². The van der Waals surface area contributed by atoms with Gasteiger partial charge in [-0.2, -0.15) is 9.97 Å². The molecule has 0 saturated carbocycles. The SMILES string of the molecule is CC(C)CCn1cnc2nc(Cl)nc(NCC(C)O)c21. The van der Waals surface area contributed by atoms with Gasteiger partial charge >= 0.3 is 0 Å². The van der Waals surface area contributed by atoms with Crippen LogP contribution in [0.1, 0.15) is 27.2 Å². The predicted octanol–water partition coefficient (Wildman–Crippen LogP) is 2.32. The molecule has 2 rings (SSSR count). The maximum atomic E-state index is 9.39. The quantitative estimate of drug-likeness (QED) is 0.800. The molecule has 2 aromatic heterocycles. The van der Waals surface area contributed by atoms with Crippen LogP contribution in [0.5, 0.6) is 0 Å². The number of imidazole rings is 1. The van der Waals surface area contributed by atoms with E-state index in [4.69, 9.17) is 11.6 Å². The van der Waals surface area contributed by atoms with E-state index in [0.717, 1.165) is 18.5 Å². The number of hydrogen-bond donors (Lipinski definition) is 2. The van der Waals surface area contributed by atoms with E-state index in [9.17, 15) is 5.11 Å². The van der Waals surface area contributed by atoms with Gasteiger partial charge in [-0.05, 0) is 30.9 Å². The topological polar surface area (TPSA) is 75.9 Å². The molecule has 7 heteroatoms. The number of rotatable bonds is 6. The van der Waals surface area contributed by atoms with Gasteiger partial charge in [0.2, 0.25) is 5.28 Å². The first kappa shape index (κ1) is 15.0. The zero-order valence-corrected chi connectivity index (χ0v) is 12.7. The molecule has 1 unspecified atom stereocenters. The third kappa shape index (κ3) is 3.58. The van der Waals surface area contributed by atoms with Crippen molar-refractivity contribution in [2.75, 3.05) is 11.9 Å². The Bertz CT molecular complexity index is 581. The Balaban J connectivity index is 2.34. The third-order valence-electron chi connectivity index (χ3n) is 2.96. The predicted molar refractivity (Wildman–Crippen MR) is 80.0 cm³/mol. The van der Waals surface area contributed by atoms with E-state index >= 15 is 0 Å². The first-order chi connectivity index (χ1) is 9.47. The van der Waals surface area contributed by atoms with Crippen LogP contribution in [-0.4, -0.2) is 37.3 Å². The van der Waals surface area contributed by atoms with Crippen LogP contribution in [0.15, 0.2) is 6.33 Å². The summed E-state index contributed by atoms with van der Waals surface area (Å²) in [4.78, 5) is 12.6. The fraction of sp³-hybridized carbons (Fsp3) is 0.615. The van der Waals surface area contributed by atoms with Crippen LogP contribution in [0.2, 0.25) is 5.28 Å². The Morgan fingerprint density at radius 2 is 2.10 bits per heavy atom. The summed E-state index contributed by atoms with van der Waals surface area (Å²) in [6.07, 6.45) is 2.33. The van der Waals surface area contributed by atoms with Crippen molar-refractivity contribution in [3.63, 3.8) is 0 Å². The van der Waals surface area contributed by atoms with Crippen LogP contribution in [0.4, 0.5) is 5.82 Å². The summed E-state index contributed by atoms with van der Waals surface area (Å²) in [5.41, 5.74) is 1.40. The highest BCUT2D eigenvalue weighted by Crippen LogP contribution is 2.22. The monoisotopic (exact) mass is 297 g/mol. The summed E-state index contributed by atoms with van der Waals surface area (Å²) in [5, 5.41) is 12.6. The second-order valence-corrected chi connectivity index (χ2v) is 5.70. The van der Waals surface area contributed by atoms with Gasteiger partial charge < -0.3 is 15.0 Å². The van der Waals surface area contributed by atoms with Gasteiger partial charge in [0.15, 0.2) is 11.5 Å². The molecule has 2 N–H and O–H groups in total. The fourth-order valence-corrected chi connectivity index (χ4v) is 2.05. The first-order valence-corrected chi connectivity index (χ1v) is 7.15. The number of nitrogens with one attached hydrogen (secondary N) is 1. The van der Waals surface area contributed by atoms with Gasteiger partial charge in [0.1, 0.15) is 5.52 Å². The van der Waals surface area contributed by atoms with Crippen molar-refractivity contribution in [3.05, 3.63) is 11.6 Å². The fourth-order valence-electron chi connectivity index (χ4n) is 1.89. The number of fused-ring (bicyclic) bond motifs is 1. The number of aliphatic hydroxyl groups is 1. The Morgan fingerprint density at radius 3 is 2.75 bits per heavy atom. The van der Waals surface area contributed by atoms with Gasteiger partial charge in [-0.25, -0.2) is 4.98 Å². The highest BCUT2D eigenvalue weighted by Gasteiger charge is 2.13. The van der Waals surface area contributed by atoms with Crippen molar-refractivity contribution < 1.29 is 5.11 Å². The molecule has 0 bridgehead atoms. The van der Waals surface area contributed by atoms with Gasteiger partial charge in [0.25, 0.3) is 0 Å². The molecule has 0 fully saturated rings. The number of hydrogen-bond acceptors (Lipinski definition) is 5. The molecule has 0 aliphatic heterocycles. The van der Waals surface area contributed by atoms with Crippen molar-refractivity contribution in [2.24, 2.45) is 5.92 Å². The molecule has 6 nitrogen and oxygen atoms in total. The molecule has 0 radical (unpaired) electrons. The molecule has 0 saturated heterocycles. The molecule has 20 heavy (non-hydrogen) atoms. The van der Waals surface area contributed by atoms with E-state index in [1.807, 2.05) is 4.57 Å². The van der Waals surface area contributed by atoms with Gasteiger partial charge in [-0.15, -0.1) is 0 Å². The Labute approximate surface area is 123 Å². The zero-order valence-electron chi connectivity index (χ0n) is 12.0. The summed E-state index contributed by atoms with van der Waals surface area (Å²) in [6, 6.07) is 0. The lowest BCUT2D eigenvalue weighted by Crippen LogP contribution is -2.17. The number of anilines is 1. The van der Waals surface area contributed by atoms with E-state index in [-0.39, 0.29) is 5.28 Å². The second-order valence-electron chi connectivity index (χ2n) is 5.36. The van der Waals surface area contributed by atoms with Crippen LogP contribution < -0.4 is 5.32 Å². The Kier molecular flexibility index (Phi) is 4.77. The molecule has 2 heterocycles. The van der Waals surface area contributed by atoms with Gasteiger partial charge in [-0.1, -0.05) is 13.8 Å². The van der Waals surface area contributed by atoms with Crippen LogP contribution in [0.25, 0.3) is 11.2 Å². The third-order valence-corrected chi connectivity index (χ3v) is 3.13. The van der Waals surface area contributed by atoms with Crippen molar-refractivity contribution in [3.8, 4) is 0 Å². The molecule has 0 aliphatic rings. The lowest BCUT2D eigenvalue weighted by Gasteiger charge is -2.12. The Hall–Kier alpha value is -1.40. The average molecular weight is 298 g/mol.